The lowest BCUT2D eigenvalue weighted by atomic mass is 10.1. The summed E-state index contributed by atoms with van der Waals surface area (Å²) in [5.74, 6) is 0.611. The quantitative estimate of drug-likeness (QED) is 0.911. The third-order valence-corrected chi connectivity index (χ3v) is 3.07. The first-order valence-corrected chi connectivity index (χ1v) is 6.26. The molecule has 2 heterocycles. The van der Waals surface area contributed by atoms with Crippen LogP contribution in [-0.2, 0) is 0 Å². The second-order valence-electron chi connectivity index (χ2n) is 4.42. The molecule has 5 nitrogen and oxygen atoms in total. The molecule has 1 aliphatic rings. The number of likely N-dealkylation sites (tertiary alicyclic amines) is 1. The average molecular weight is 254 g/mol. The average Bonchev–Trinajstić information content (AvgIpc) is 2.38. The highest BCUT2D eigenvalue weighted by atomic mass is 16.2. The van der Waals surface area contributed by atoms with E-state index in [0.717, 1.165) is 25.2 Å². The van der Waals surface area contributed by atoms with Gasteiger partial charge in [0.05, 0.1) is 0 Å². The van der Waals surface area contributed by atoms with Crippen LogP contribution >= 0.6 is 0 Å². The molecule has 1 fully saturated rings. The maximum atomic E-state index is 12.1. The van der Waals surface area contributed by atoms with Gasteiger partial charge in [-0.2, -0.15) is 0 Å². The van der Waals surface area contributed by atoms with Crippen LogP contribution in [0.4, 0.5) is 11.6 Å². The zero-order valence-electron chi connectivity index (χ0n) is 10.4. The Hall–Kier alpha value is -2.43. The summed E-state index contributed by atoms with van der Waals surface area (Å²) in [6.07, 6.45) is 4.44. The Morgan fingerprint density at radius 1 is 1.16 bits per heavy atom. The third kappa shape index (κ3) is 2.54. The van der Waals surface area contributed by atoms with Crippen LogP contribution < -0.4 is 5.32 Å². The lowest BCUT2D eigenvalue weighted by molar-refractivity contribution is 0.0652. The van der Waals surface area contributed by atoms with Crippen LogP contribution in [0.15, 0.2) is 42.7 Å². The molecule has 1 N–H and O–H groups in total. The van der Waals surface area contributed by atoms with E-state index in [1.54, 1.807) is 18.5 Å². The summed E-state index contributed by atoms with van der Waals surface area (Å²) in [4.78, 5) is 22.1. The van der Waals surface area contributed by atoms with Gasteiger partial charge in [0.1, 0.15) is 0 Å². The fourth-order valence-corrected chi connectivity index (χ4v) is 1.92. The van der Waals surface area contributed by atoms with Crippen LogP contribution in [0.1, 0.15) is 16.8 Å². The van der Waals surface area contributed by atoms with Gasteiger partial charge in [-0.3, -0.25) is 4.79 Å². The molecule has 0 saturated carbocycles. The Kier molecular flexibility index (Phi) is 3.10. The maximum absolute atomic E-state index is 12.1. The SMILES string of the molecule is O=C(c1cccc(Nc2ncccn2)c1)N1CCC1. The van der Waals surface area contributed by atoms with Gasteiger partial charge >= 0.3 is 0 Å². The van der Waals surface area contributed by atoms with E-state index >= 15 is 0 Å². The first-order valence-electron chi connectivity index (χ1n) is 6.26. The molecule has 0 bridgehead atoms. The van der Waals surface area contributed by atoms with E-state index < -0.39 is 0 Å². The molecule has 0 radical (unpaired) electrons. The number of hydrogen-bond donors (Lipinski definition) is 1. The number of hydrogen-bond acceptors (Lipinski definition) is 4. The van der Waals surface area contributed by atoms with Crippen molar-refractivity contribution < 1.29 is 4.79 Å². The fourth-order valence-electron chi connectivity index (χ4n) is 1.92. The van der Waals surface area contributed by atoms with Crippen LogP contribution in [0.3, 0.4) is 0 Å². The number of anilines is 2. The number of carbonyl (C=O) groups excluding carboxylic acids is 1. The third-order valence-electron chi connectivity index (χ3n) is 3.07. The van der Waals surface area contributed by atoms with E-state index in [-0.39, 0.29) is 5.91 Å². The number of nitrogens with zero attached hydrogens (tertiary/aromatic N) is 3. The topological polar surface area (TPSA) is 58.1 Å². The highest BCUT2D eigenvalue weighted by Crippen LogP contribution is 2.18. The standard InChI is InChI=1S/C14H14N4O/c19-13(18-8-3-9-18)11-4-1-5-12(10-11)17-14-15-6-2-7-16-14/h1-2,4-7,10H,3,8-9H2,(H,15,16,17). The van der Waals surface area contributed by atoms with Crippen molar-refractivity contribution >= 4 is 17.5 Å². The molecule has 19 heavy (non-hydrogen) atoms. The Morgan fingerprint density at radius 2 is 1.95 bits per heavy atom. The molecule has 1 aliphatic heterocycles. The summed E-state index contributed by atoms with van der Waals surface area (Å²) in [5.41, 5.74) is 1.51. The monoisotopic (exact) mass is 254 g/mol. The highest BCUT2D eigenvalue weighted by Gasteiger charge is 2.21. The summed E-state index contributed by atoms with van der Waals surface area (Å²) in [6, 6.07) is 9.17. The number of nitrogens with one attached hydrogen (secondary N) is 1. The van der Waals surface area contributed by atoms with Gasteiger partial charge < -0.3 is 10.2 Å². The molecule has 5 heteroatoms. The molecule has 0 aliphatic carbocycles. The summed E-state index contributed by atoms with van der Waals surface area (Å²) in [6.45, 7) is 1.72. The molecule has 1 aromatic carbocycles. The largest absolute Gasteiger partial charge is 0.339 e. The molecule has 1 amide bonds. The Labute approximate surface area is 111 Å². The summed E-state index contributed by atoms with van der Waals surface area (Å²) < 4.78 is 0. The Balaban J connectivity index is 1.78. The summed E-state index contributed by atoms with van der Waals surface area (Å²) in [5, 5.41) is 3.08. The lowest BCUT2D eigenvalue weighted by Gasteiger charge is -2.31. The van der Waals surface area contributed by atoms with Gasteiger partial charge in [0, 0.05) is 36.7 Å². The molecular formula is C14H14N4O. The predicted octanol–water partition coefficient (Wildman–Crippen LogP) is 2.07. The van der Waals surface area contributed by atoms with Gasteiger partial charge in [0.25, 0.3) is 5.91 Å². The fraction of sp³-hybridized carbons (Fsp3) is 0.214. The van der Waals surface area contributed by atoms with Crippen molar-refractivity contribution in [1.29, 1.82) is 0 Å². The van der Waals surface area contributed by atoms with Crippen molar-refractivity contribution in [1.82, 2.24) is 14.9 Å². The van der Waals surface area contributed by atoms with Crippen molar-refractivity contribution in [2.24, 2.45) is 0 Å². The smallest absolute Gasteiger partial charge is 0.253 e. The van der Waals surface area contributed by atoms with E-state index in [1.807, 2.05) is 29.2 Å². The minimum Gasteiger partial charge on any atom is -0.339 e. The van der Waals surface area contributed by atoms with Gasteiger partial charge in [0.15, 0.2) is 0 Å². The second-order valence-corrected chi connectivity index (χ2v) is 4.42. The number of amides is 1. The van der Waals surface area contributed by atoms with E-state index in [0.29, 0.717) is 11.5 Å². The molecule has 0 unspecified atom stereocenters. The van der Waals surface area contributed by atoms with E-state index in [1.165, 1.54) is 0 Å². The van der Waals surface area contributed by atoms with Gasteiger partial charge in [0.2, 0.25) is 5.95 Å². The molecule has 1 aromatic heterocycles. The van der Waals surface area contributed by atoms with Crippen molar-refractivity contribution in [2.45, 2.75) is 6.42 Å². The predicted molar refractivity (Wildman–Crippen MR) is 72.3 cm³/mol. The van der Waals surface area contributed by atoms with Crippen LogP contribution in [0.2, 0.25) is 0 Å². The summed E-state index contributed by atoms with van der Waals surface area (Å²) in [7, 11) is 0. The second kappa shape index (κ2) is 5.06. The zero-order valence-corrected chi connectivity index (χ0v) is 10.4. The van der Waals surface area contributed by atoms with Crippen LogP contribution in [0.25, 0.3) is 0 Å². The zero-order chi connectivity index (χ0) is 13.1. The minimum atomic E-state index is 0.0869. The molecular weight excluding hydrogens is 240 g/mol. The lowest BCUT2D eigenvalue weighted by Crippen LogP contribution is -2.42. The van der Waals surface area contributed by atoms with Gasteiger partial charge in [-0.25, -0.2) is 9.97 Å². The van der Waals surface area contributed by atoms with Crippen molar-refractivity contribution in [2.75, 3.05) is 18.4 Å². The highest BCUT2D eigenvalue weighted by molar-refractivity contribution is 5.95. The molecule has 2 aromatic rings. The van der Waals surface area contributed by atoms with Gasteiger partial charge in [-0.15, -0.1) is 0 Å². The van der Waals surface area contributed by atoms with E-state index in [9.17, 15) is 4.79 Å². The van der Waals surface area contributed by atoms with E-state index in [2.05, 4.69) is 15.3 Å². The van der Waals surface area contributed by atoms with E-state index in [4.69, 9.17) is 0 Å². The molecule has 3 rings (SSSR count). The molecule has 96 valence electrons. The maximum Gasteiger partial charge on any atom is 0.253 e. The number of benzene rings is 1. The molecule has 1 saturated heterocycles. The summed E-state index contributed by atoms with van der Waals surface area (Å²) >= 11 is 0. The minimum absolute atomic E-state index is 0.0869. The number of rotatable bonds is 3. The van der Waals surface area contributed by atoms with Crippen LogP contribution in [0, 0.1) is 0 Å². The first-order chi connectivity index (χ1) is 9.33. The van der Waals surface area contributed by atoms with Gasteiger partial charge in [-0.05, 0) is 30.7 Å². The molecule has 0 spiro atoms. The van der Waals surface area contributed by atoms with Crippen molar-refractivity contribution in [3.8, 4) is 0 Å². The van der Waals surface area contributed by atoms with Crippen LogP contribution in [0.5, 0.6) is 0 Å². The Morgan fingerprint density at radius 3 is 2.63 bits per heavy atom. The Bertz CT molecular complexity index is 581. The normalized spacial score (nSPS) is 13.8. The van der Waals surface area contributed by atoms with Crippen molar-refractivity contribution in [3.63, 3.8) is 0 Å². The van der Waals surface area contributed by atoms with Gasteiger partial charge in [-0.1, -0.05) is 6.07 Å². The van der Waals surface area contributed by atoms with Crippen LogP contribution in [-0.4, -0.2) is 33.9 Å². The number of carbonyl (C=O) groups is 1. The molecule has 0 atom stereocenters. The number of aromatic nitrogens is 2. The first kappa shape index (κ1) is 11.6. The van der Waals surface area contributed by atoms with Crippen molar-refractivity contribution in [3.05, 3.63) is 48.3 Å².